The van der Waals surface area contributed by atoms with Crippen molar-refractivity contribution in [3.63, 3.8) is 0 Å². The third-order valence-corrected chi connectivity index (χ3v) is 4.34. The maximum Gasteiger partial charge on any atom is 0.276 e. The highest BCUT2D eigenvalue weighted by Gasteiger charge is 2.32. The highest BCUT2D eigenvalue weighted by atomic mass is 35.5. The molecule has 0 aliphatic carbocycles. The number of aryl methyl sites for hydroxylation is 1. The summed E-state index contributed by atoms with van der Waals surface area (Å²) in [7, 11) is 1.81. The van der Waals surface area contributed by atoms with E-state index in [4.69, 9.17) is 11.6 Å². The second kappa shape index (κ2) is 4.92. The molecule has 1 aromatic rings. The average molecular weight is 270 g/mol. The van der Waals surface area contributed by atoms with E-state index in [1.165, 1.54) is 6.42 Å². The van der Waals surface area contributed by atoms with E-state index in [9.17, 15) is 4.79 Å². The van der Waals surface area contributed by atoms with Crippen LogP contribution in [0.5, 0.6) is 0 Å². The molecule has 5 heteroatoms. The Kier molecular flexibility index (Phi) is 3.66. The van der Waals surface area contributed by atoms with Crippen molar-refractivity contribution in [1.82, 2.24) is 14.7 Å². The first kappa shape index (κ1) is 13.4. The minimum Gasteiger partial charge on any atom is -0.332 e. The maximum atomic E-state index is 12.6. The molecule has 2 heterocycles. The molecule has 1 amide bonds. The number of piperidine rings is 1. The predicted octanol–water partition coefficient (Wildman–Crippen LogP) is 2.79. The molecular formula is C13H20ClN3O. The van der Waals surface area contributed by atoms with E-state index >= 15 is 0 Å². The summed E-state index contributed by atoms with van der Waals surface area (Å²) in [5.41, 5.74) is 1.22. The fourth-order valence-corrected chi connectivity index (χ4v) is 2.90. The second-order valence-electron chi connectivity index (χ2n) is 5.21. The first-order chi connectivity index (χ1) is 8.43. The van der Waals surface area contributed by atoms with Crippen molar-refractivity contribution in [2.24, 2.45) is 7.05 Å². The third-order valence-electron chi connectivity index (χ3n) is 3.89. The van der Waals surface area contributed by atoms with E-state index in [1.807, 2.05) is 11.8 Å². The van der Waals surface area contributed by atoms with Gasteiger partial charge in [-0.05, 0) is 40.0 Å². The molecule has 0 radical (unpaired) electrons. The lowest BCUT2D eigenvalue weighted by Gasteiger charge is -2.38. The lowest BCUT2D eigenvalue weighted by atomic mass is 9.97. The second-order valence-corrected chi connectivity index (χ2v) is 5.59. The zero-order chi connectivity index (χ0) is 13.4. The van der Waals surface area contributed by atoms with E-state index in [0.29, 0.717) is 10.7 Å². The standard InChI is InChI=1S/C13H20ClN3O/c1-8-6-5-7-9(2)17(8)13(18)12-11(14)10(3)16(4)15-12/h8-9H,5-7H2,1-4H3. The van der Waals surface area contributed by atoms with Gasteiger partial charge in [0.25, 0.3) is 5.91 Å². The van der Waals surface area contributed by atoms with E-state index in [-0.39, 0.29) is 18.0 Å². The van der Waals surface area contributed by atoms with Crippen LogP contribution in [0.15, 0.2) is 0 Å². The van der Waals surface area contributed by atoms with Crippen molar-refractivity contribution in [3.05, 3.63) is 16.4 Å². The van der Waals surface area contributed by atoms with E-state index < -0.39 is 0 Å². The first-order valence-corrected chi connectivity index (χ1v) is 6.83. The largest absolute Gasteiger partial charge is 0.332 e. The number of hydrogen-bond acceptors (Lipinski definition) is 2. The molecule has 0 spiro atoms. The quantitative estimate of drug-likeness (QED) is 0.786. The summed E-state index contributed by atoms with van der Waals surface area (Å²) in [4.78, 5) is 14.5. The van der Waals surface area contributed by atoms with Gasteiger partial charge in [0.15, 0.2) is 5.69 Å². The number of amides is 1. The van der Waals surface area contributed by atoms with E-state index in [0.717, 1.165) is 18.5 Å². The molecule has 1 fully saturated rings. The molecule has 1 aliphatic rings. The van der Waals surface area contributed by atoms with Crippen LogP contribution in [0.3, 0.4) is 0 Å². The fraction of sp³-hybridized carbons (Fsp3) is 0.692. The van der Waals surface area contributed by atoms with Crippen LogP contribution in [-0.2, 0) is 7.05 Å². The van der Waals surface area contributed by atoms with Gasteiger partial charge in [0.1, 0.15) is 0 Å². The van der Waals surface area contributed by atoms with Gasteiger partial charge in [-0.2, -0.15) is 5.10 Å². The minimum absolute atomic E-state index is 0.0385. The van der Waals surface area contributed by atoms with Crippen LogP contribution < -0.4 is 0 Å². The summed E-state index contributed by atoms with van der Waals surface area (Å²) in [6, 6.07) is 0.527. The molecule has 1 saturated heterocycles. The predicted molar refractivity (Wildman–Crippen MR) is 71.9 cm³/mol. The molecule has 2 rings (SSSR count). The summed E-state index contributed by atoms with van der Waals surface area (Å²) in [5, 5.41) is 4.73. The van der Waals surface area contributed by atoms with Gasteiger partial charge >= 0.3 is 0 Å². The van der Waals surface area contributed by atoms with E-state index in [1.54, 1.807) is 11.7 Å². The van der Waals surface area contributed by atoms with Crippen molar-refractivity contribution in [2.45, 2.75) is 52.1 Å². The highest BCUT2D eigenvalue weighted by molar-refractivity contribution is 6.34. The van der Waals surface area contributed by atoms with Crippen molar-refractivity contribution in [1.29, 1.82) is 0 Å². The Morgan fingerprint density at radius 3 is 2.33 bits per heavy atom. The minimum atomic E-state index is -0.0385. The van der Waals surface area contributed by atoms with Crippen LogP contribution in [0.1, 0.15) is 49.3 Å². The van der Waals surface area contributed by atoms with Gasteiger partial charge < -0.3 is 4.90 Å². The topological polar surface area (TPSA) is 38.1 Å². The lowest BCUT2D eigenvalue weighted by molar-refractivity contribution is 0.0504. The molecule has 1 aromatic heterocycles. The lowest BCUT2D eigenvalue weighted by Crippen LogP contribution is -2.47. The zero-order valence-corrected chi connectivity index (χ0v) is 12.2. The summed E-state index contributed by atoms with van der Waals surface area (Å²) < 4.78 is 1.66. The molecule has 4 nitrogen and oxygen atoms in total. The van der Waals surface area contributed by atoms with Gasteiger partial charge in [-0.1, -0.05) is 11.6 Å². The molecular weight excluding hydrogens is 250 g/mol. The molecule has 2 unspecified atom stereocenters. The van der Waals surface area contributed by atoms with Crippen LogP contribution in [-0.4, -0.2) is 32.7 Å². The Morgan fingerprint density at radius 1 is 1.33 bits per heavy atom. The molecule has 0 aromatic carbocycles. The molecule has 18 heavy (non-hydrogen) atoms. The Hall–Kier alpha value is -1.03. The SMILES string of the molecule is Cc1c(Cl)c(C(=O)N2C(C)CCCC2C)nn1C. The van der Waals surface area contributed by atoms with Crippen LogP contribution in [0.25, 0.3) is 0 Å². The molecule has 0 bridgehead atoms. The number of halogens is 1. The normalized spacial score (nSPS) is 24.4. The number of likely N-dealkylation sites (tertiary alicyclic amines) is 1. The number of rotatable bonds is 1. The van der Waals surface area contributed by atoms with Gasteiger partial charge in [-0.15, -0.1) is 0 Å². The Bertz CT molecular complexity index is 459. The van der Waals surface area contributed by atoms with Crippen LogP contribution >= 0.6 is 11.6 Å². The van der Waals surface area contributed by atoms with Gasteiger partial charge in [-0.25, -0.2) is 0 Å². The van der Waals surface area contributed by atoms with Gasteiger partial charge in [0.05, 0.1) is 10.7 Å². The monoisotopic (exact) mass is 269 g/mol. The van der Waals surface area contributed by atoms with Crippen molar-refractivity contribution in [2.75, 3.05) is 0 Å². The van der Waals surface area contributed by atoms with E-state index in [2.05, 4.69) is 18.9 Å². The summed E-state index contributed by atoms with van der Waals surface area (Å²) in [6.07, 6.45) is 3.29. The Morgan fingerprint density at radius 2 is 1.89 bits per heavy atom. The molecule has 1 aliphatic heterocycles. The smallest absolute Gasteiger partial charge is 0.276 e. The van der Waals surface area contributed by atoms with Crippen molar-refractivity contribution in [3.8, 4) is 0 Å². The highest BCUT2D eigenvalue weighted by Crippen LogP contribution is 2.27. The van der Waals surface area contributed by atoms with Crippen LogP contribution in [0, 0.1) is 6.92 Å². The number of aromatic nitrogens is 2. The molecule has 100 valence electrons. The maximum absolute atomic E-state index is 12.6. The summed E-state index contributed by atoms with van der Waals surface area (Å²) in [5.74, 6) is -0.0385. The number of hydrogen-bond donors (Lipinski definition) is 0. The number of carbonyl (C=O) groups excluding carboxylic acids is 1. The summed E-state index contributed by atoms with van der Waals surface area (Å²) >= 11 is 6.19. The molecule has 2 atom stereocenters. The first-order valence-electron chi connectivity index (χ1n) is 6.45. The van der Waals surface area contributed by atoms with Gasteiger partial charge in [-0.3, -0.25) is 9.48 Å². The molecule has 0 saturated carbocycles. The summed E-state index contributed by atoms with van der Waals surface area (Å²) in [6.45, 7) is 6.06. The van der Waals surface area contributed by atoms with Gasteiger partial charge in [0.2, 0.25) is 0 Å². The average Bonchev–Trinajstić information content (AvgIpc) is 2.56. The van der Waals surface area contributed by atoms with Crippen LogP contribution in [0.2, 0.25) is 5.02 Å². The molecule has 0 N–H and O–H groups in total. The zero-order valence-electron chi connectivity index (χ0n) is 11.4. The third kappa shape index (κ3) is 2.14. The van der Waals surface area contributed by atoms with Gasteiger partial charge in [0, 0.05) is 19.1 Å². The Balaban J connectivity index is 2.32. The van der Waals surface area contributed by atoms with Crippen molar-refractivity contribution < 1.29 is 4.79 Å². The fourth-order valence-electron chi connectivity index (χ4n) is 2.66. The number of carbonyl (C=O) groups is 1. The van der Waals surface area contributed by atoms with Crippen LogP contribution in [0.4, 0.5) is 0 Å². The number of nitrogens with zero attached hydrogens (tertiary/aromatic N) is 3. The van der Waals surface area contributed by atoms with Crippen molar-refractivity contribution >= 4 is 17.5 Å². The Labute approximate surface area is 113 Å².